The van der Waals surface area contributed by atoms with Crippen LogP contribution in [0.25, 0.3) is 16.8 Å². The summed E-state index contributed by atoms with van der Waals surface area (Å²) in [5.74, 6) is 0.818. The Morgan fingerprint density at radius 2 is 2.00 bits per heavy atom. The van der Waals surface area contributed by atoms with Crippen LogP contribution in [0, 0.1) is 6.92 Å². The van der Waals surface area contributed by atoms with Crippen molar-refractivity contribution in [2.45, 2.75) is 37.5 Å². The summed E-state index contributed by atoms with van der Waals surface area (Å²) in [4.78, 5) is 11.9. The molecule has 10 heteroatoms. The van der Waals surface area contributed by atoms with E-state index in [0.29, 0.717) is 10.6 Å². The van der Waals surface area contributed by atoms with E-state index in [1.165, 1.54) is 6.07 Å². The Balaban J connectivity index is 1.53. The van der Waals surface area contributed by atoms with Crippen LogP contribution >= 0.6 is 23.2 Å². The number of nitrogens with zero attached hydrogens (tertiary/aromatic N) is 4. The molecule has 3 N–H and O–H groups in total. The van der Waals surface area contributed by atoms with Gasteiger partial charge in [0.2, 0.25) is 5.95 Å². The summed E-state index contributed by atoms with van der Waals surface area (Å²) < 4.78 is 7.92. The molecule has 2 saturated heterocycles. The molecule has 2 fully saturated rings. The van der Waals surface area contributed by atoms with Crippen LogP contribution in [0.2, 0.25) is 15.1 Å². The third kappa shape index (κ3) is 3.24. The van der Waals surface area contributed by atoms with Crippen molar-refractivity contribution in [1.82, 2.24) is 14.4 Å². The third-order valence-corrected chi connectivity index (χ3v) is 11.2. The van der Waals surface area contributed by atoms with E-state index in [0.717, 1.165) is 55.4 Å². The molecule has 5 rings (SSSR count). The molecule has 0 unspecified atom stereocenters. The number of halogens is 2. The van der Waals surface area contributed by atoms with Crippen molar-refractivity contribution >= 4 is 43.8 Å². The second kappa shape index (κ2) is 7.63. The lowest BCUT2D eigenvalue weighted by Gasteiger charge is -2.41. The second-order valence-electron chi connectivity index (χ2n) is 8.64. The zero-order valence-electron chi connectivity index (χ0n) is 17.5. The minimum atomic E-state index is -1.43. The fourth-order valence-corrected chi connectivity index (χ4v) is 7.90. The van der Waals surface area contributed by atoms with Gasteiger partial charge in [0.1, 0.15) is 25.4 Å². The van der Waals surface area contributed by atoms with Crippen LogP contribution in [0.3, 0.4) is 0 Å². The first-order chi connectivity index (χ1) is 14.8. The third-order valence-electron chi connectivity index (χ3n) is 6.93. The van der Waals surface area contributed by atoms with E-state index in [4.69, 9.17) is 38.3 Å². The van der Waals surface area contributed by atoms with Gasteiger partial charge in [0.05, 0.1) is 23.1 Å². The number of hydrogen-bond donors (Lipinski definition) is 2. The SMILES string of the molecule is Cc1nc(N2CCC3(CC2)CO[C@@H](C)[Si@H]3N)n2ccnc2c1-c1ccc(O)c(Cl)c1Cl. The van der Waals surface area contributed by atoms with Gasteiger partial charge in [-0.3, -0.25) is 4.40 Å². The number of piperidine rings is 1. The number of aromatic hydroxyl groups is 1. The van der Waals surface area contributed by atoms with E-state index in [9.17, 15) is 5.11 Å². The van der Waals surface area contributed by atoms with Crippen LogP contribution in [0.4, 0.5) is 5.95 Å². The van der Waals surface area contributed by atoms with E-state index in [1.54, 1.807) is 12.3 Å². The van der Waals surface area contributed by atoms with Crippen LogP contribution in [0.1, 0.15) is 25.5 Å². The minimum Gasteiger partial charge on any atom is -0.506 e. The van der Waals surface area contributed by atoms with Gasteiger partial charge >= 0.3 is 0 Å². The van der Waals surface area contributed by atoms with Crippen LogP contribution < -0.4 is 10.3 Å². The van der Waals surface area contributed by atoms with Crippen molar-refractivity contribution in [1.29, 1.82) is 0 Å². The van der Waals surface area contributed by atoms with Gasteiger partial charge < -0.3 is 20.1 Å². The van der Waals surface area contributed by atoms with Gasteiger partial charge in [0.15, 0.2) is 0 Å². The lowest BCUT2D eigenvalue weighted by molar-refractivity contribution is 0.117. The molecule has 2 atom stereocenters. The lowest BCUT2D eigenvalue weighted by Crippen LogP contribution is -2.50. The van der Waals surface area contributed by atoms with Crippen molar-refractivity contribution in [2.75, 3.05) is 24.6 Å². The number of benzene rings is 1. The quantitative estimate of drug-likeness (QED) is 0.546. The summed E-state index contributed by atoms with van der Waals surface area (Å²) in [6, 6.07) is 3.29. The van der Waals surface area contributed by atoms with Crippen molar-refractivity contribution in [3.05, 3.63) is 40.3 Å². The number of aromatic nitrogens is 3. The Kier molecular flexibility index (Phi) is 5.18. The number of aryl methyl sites for hydroxylation is 1. The zero-order valence-corrected chi connectivity index (χ0v) is 20.1. The highest BCUT2D eigenvalue weighted by Gasteiger charge is 2.49. The Hall–Kier alpha value is -1.84. The highest BCUT2D eigenvalue weighted by Crippen LogP contribution is 2.47. The maximum atomic E-state index is 9.88. The molecule has 2 aliphatic heterocycles. The van der Waals surface area contributed by atoms with E-state index in [2.05, 4.69) is 16.8 Å². The number of phenols is 1. The fourth-order valence-electron chi connectivity index (χ4n) is 4.97. The Bertz CT molecular complexity index is 1160. The number of anilines is 1. The fraction of sp³-hybridized carbons (Fsp3) is 0.429. The number of nitrogens with two attached hydrogens (primary N) is 1. The van der Waals surface area contributed by atoms with Crippen LogP contribution in [-0.2, 0) is 4.74 Å². The number of ether oxygens (including phenoxy) is 1. The molecule has 1 aromatic carbocycles. The predicted molar refractivity (Wildman–Crippen MR) is 126 cm³/mol. The Labute approximate surface area is 192 Å². The minimum absolute atomic E-state index is 0.0498. The average molecular weight is 478 g/mol. The van der Waals surface area contributed by atoms with Crippen LogP contribution in [0.15, 0.2) is 24.5 Å². The van der Waals surface area contributed by atoms with Crippen molar-refractivity contribution in [3.63, 3.8) is 0 Å². The second-order valence-corrected chi connectivity index (χ2v) is 12.6. The first-order valence-corrected chi connectivity index (χ1v) is 13.1. The Morgan fingerprint density at radius 3 is 2.68 bits per heavy atom. The van der Waals surface area contributed by atoms with Crippen LogP contribution in [-0.4, -0.2) is 53.9 Å². The first kappa shape index (κ1) is 21.0. The average Bonchev–Trinajstić information content (AvgIpc) is 3.35. The van der Waals surface area contributed by atoms with E-state index < -0.39 is 8.96 Å². The molecular weight excluding hydrogens is 453 g/mol. The molecule has 3 aromatic rings. The molecule has 164 valence electrons. The maximum Gasteiger partial charge on any atom is 0.211 e. The molecule has 2 aromatic heterocycles. The highest BCUT2D eigenvalue weighted by molar-refractivity contribution is 6.61. The highest BCUT2D eigenvalue weighted by atomic mass is 35.5. The van der Waals surface area contributed by atoms with E-state index in [1.807, 2.05) is 17.5 Å². The smallest absolute Gasteiger partial charge is 0.211 e. The normalized spacial score (nSPS) is 23.2. The summed E-state index contributed by atoms with van der Waals surface area (Å²) in [6.45, 7) is 6.65. The molecule has 4 heterocycles. The largest absolute Gasteiger partial charge is 0.506 e. The molecule has 0 radical (unpaired) electrons. The standard InChI is InChI=1S/C21H25Cl2N5O2Si/c1-12-16(14-3-4-15(29)18(23)17(14)22)19-25-7-10-28(19)20(26-12)27-8-5-21(6-9-27)11-30-13(2)31(21)24/h3-4,7,10,13,29,31H,5-6,8-9,11,24H2,1-2H3/t13-,31-/m1/s1. The summed E-state index contributed by atoms with van der Waals surface area (Å²) >= 11 is 12.7. The van der Waals surface area contributed by atoms with Crippen molar-refractivity contribution < 1.29 is 9.84 Å². The van der Waals surface area contributed by atoms with E-state index >= 15 is 0 Å². The molecule has 7 nitrogen and oxygen atoms in total. The molecular formula is C21H25Cl2N5O2Si. The monoisotopic (exact) mass is 477 g/mol. The zero-order chi connectivity index (χ0) is 21.9. The number of hydrogen-bond acceptors (Lipinski definition) is 6. The molecule has 0 aliphatic carbocycles. The first-order valence-electron chi connectivity index (χ1n) is 10.5. The number of fused-ring (bicyclic) bond motifs is 1. The van der Waals surface area contributed by atoms with Gasteiger partial charge in [-0.05, 0) is 38.8 Å². The number of rotatable bonds is 2. The molecule has 1 spiro atoms. The molecule has 0 saturated carbocycles. The molecule has 31 heavy (non-hydrogen) atoms. The van der Waals surface area contributed by atoms with Gasteiger partial charge in [-0.15, -0.1) is 0 Å². The lowest BCUT2D eigenvalue weighted by atomic mass is 9.96. The number of phenolic OH excluding ortho intramolecular Hbond substituents is 1. The maximum absolute atomic E-state index is 9.88. The van der Waals surface area contributed by atoms with Gasteiger partial charge in [-0.1, -0.05) is 23.2 Å². The van der Waals surface area contributed by atoms with Gasteiger partial charge in [-0.2, -0.15) is 0 Å². The predicted octanol–water partition coefficient (Wildman–Crippen LogP) is 3.70. The number of imidazole rings is 1. The van der Waals surface area contributed by atoms with Gasteiger partial charge in [0, 0.05) is 41.6 Å². The van der Waals surface area contributed by atoms with Crippen LogP contribution in [0.5, 0.6) is 5.75 Å². The molecule has 2 aliphatic rings. The van der Waals surface area contributed by atoms with Gasteiger partial charge in [0.25, 0.3) is 0 Å². The molecule has 0 bridgehead atoms. The summed E-state index contributed by atoms with van der Waals surface area (Å²) in [7, 11) is -1.43. The van der Waals surface area contributed by atoms with Gasteiger partial charge in [-0.25, -0.2) is 9.97 Å². The topological polar surface area (TPSA) is 88.9 Å². The Morgan fingerprint density at radius 1 is 1.26 bits per heavy atom. The van der Waals surface area contributed by atoms with Crippen molar-refractivity contribution in [3.8, 4) is 16.9 Å². The molecule has 0 amide bonds. The van der Waals surface area contributed by atoms with E-state index in [-0.39, 0.29) is 21.5 Å². The summed E-state index contributed by atoms with van der Waals surface area (Å²) in [5, 5.41) is 17.1. The summed E-state index contributed by atoms with van der Waals surface area (Å²) in [6.07, 6.45) is 5.74. The summed E-state index contributed by atoms with van der Waals surface area (Å²) in [5.41, 5.74) is 3.32. The van der Waals surface area contributed by atoms with Crippen molar-refractivity contribution in [2.24, 2.45) is 5.40 Å².